The van der Waals surface area contributed by atoms with Gasteiger partial charge in [-0.15, -0.1) is 0 Å². The molecule has 0 amide bonds. The van der Waals surface area contributed by atoms with E-state index in [0.29, 0.717) is 0 Å². The van der Waals surface area contributed by atoms with Gasteiger partial charge in [0.25, 0.3) is 0 Å². The molecule has 0 aliphatic heterocycles. The zero-order valence-electron chi connectivity index (χ0n) is 12.6. The second-order valence-corrected chi connectivity index (χ2v) is 4.88. The van der Waals surface area contributed by atoms with E-state index in [4.69, 9.17) is 9.47 Å². The number of nitrogens with zero attached hydrogens (tertiary/aromatic N) is 1. The van der Waals surface area contributed by atoms with Crippen LogP contribution in [0.4, 0.5) is 0 Å². The number of para-hydroxylation sites is 1. The second kappa shape index (κ2) is 6.31. The van der Waals surface area contributed by atoms with Crippen LogP contribution in [0, 0.1) is 0 Å². The lowest BCUT2D eigenvalue weighted by atomic mass is 10.1. The van der Waals surface area contributed by atoms with Gasteiger partial charge in [0.1, 0.15) is 0 Å². The van der Waals surface area contributed by atoms with Crippen LogP contribution in [0.25, 0.3) is 23.1 Å². The predicted octanol–water partition coefficient (Wildman–Crippen LogP) is 4.42. The van der Waals surface area contributed by atoms with E-state index in [0.717, 1.165) is 33.7 Å². The third-order valence-corrected chi connectivity index (χ3v) is 3.47. The van der Waals surface area contributed by atoms with Crippen LogP contribution in [0.3, 0.4) is 0 Å². The summed E-state index contributed by atoms with van der Waals surface area (Å²) in [5, 5.41) is 1.14. The monoisotopic (exact) mass is 291 g/mol. The maximum atomic E-state index is 5.31. The molecule has 22 heavy (non-hydrogen) atoms. The molecule has 3 rings (SSSR count). The molecule has 1 heterocycles. The number of aromatic nitrogens is 1. The van der Waals surface area contributed by atoms with Gasteiger partial charge in [-0.25, -0.2) is 4.98 Å². The summed E-state index contributed by atoms with van der Waals surface area (Å²) in [7, 11) is 3.27. The van der Waals surface area contributed by atoms with E-state index in [1.54, 1.807) is 14.2 Å². The topological polar surface area (TPSA) is 31.4 Å². The van der Waals surface area contributed by atoms with Gasteiger partial charge in [0.05, 0.1) is 25.4 Å². The van der Waals surface area contributed by atoms with Crippen molar-refractivity contribution >= 4 is 23.1 Å². The maximum absolute atomic E-state index is 5.31. The van der Waals surface area contributed by atoms with Gasteiger partial charge in [-0.3, -0.25) is 0 Å². The van der Waals surface area contributed by atoms with Crippen LogP contribution in [-0.4, -0.2) is 19.2 Å². The molecule has 0 bridgehead atoms. The minimum atomic E-state index is 0.719. The summed E-state index contributed by atoms with van der Waals surface area (Å²) < 4.78 is 10.6. The Labute approximate surface area is 129 Å². The minimum Gasteiger partial charge on any atom is -0.493 e. The predicted molar refractivity (Wildman–Crippen MR) is 90.2 cm³/mol. The number of hydrogen-bond acceptors (Lipinski definition) is 3. The van der Waals surface area contributed by atoms with Crippen molar-refractivity contribution in [3.05, 3.63) is 65.9 Å². The molecule has 0 radical (unpaired) electrons. The summed E-state index contributed by atoms with van der Waals surface area (Å²) >= 11 is 0. The molecule has 0 spiro atoms. The first-order chi connectivity index (χ1) is 10.8. The molecule has 0 N–H and O–H groups in total. The average Bonchev–Trinajstić information content (AvgIpc) is 2.59. The number of benzene rings is 2. The highest BCUT2D eigenvalue weighted by Gasteiger charge is 2.02. The molecule has 0 fully saturated rings. The number of rotatable bonds is 4. The van der Waals surface area contributed by atoms with Crippen molar-refractivity contribution in [2.45, 2.75) is 0 Å². The van der Waals surface area contributed by atoms with Gasteiger partial charge in [-0.05, 0) is 35.9 Å². The highest BCUT2D eigenvalue weighted by atomic mass is 16.5. The first kappa shape index (κ1) is 14.1. The van der Waals surface area contributed by atoms with Crippen molar-refractivity contribution in [1.29, 1.82) is 0 Å². The molecule has 110 valence electrons. The van der Waals surface area contributed by atoms with Crippen molar-refractivity contribution in [2.75, 3.05) is 14.2 Å². The lowest BCUT2D eigenvalue weighted by Gasteiger charge is -2.07. The first-order valence-electron chi connectivity index (χ1n) is 7.06. The van der Waals surface area contributed by atoms with E-state index in [1.165, 1.54) is 0 Å². The SMILES string of the molecule is COc1ccc(C=Cc2ccc3ccccc3n2)cc1OC. The van der Waals surface area contributed by atoms with E-state index >= 15 is 0 Å². The van der Waals surface area contributed by atoms with Gasteiger partial charge >= 0.3 is 0 Å². The van der Waals surface area contributed by atoms with Gasteiger partial charge in [-0.1, -0.05) is 36.4 Å². The molecule has 0 atom stereocenters. The largest absolute Gasteiger partial charge is 0.493 e. The molecule has 3 aromatic rings. The fourth-order valence-corrected chi connectivity index (χ4v) is 2.31. The molecule has 1 aromatic heterocycles. The third-order valence-electron chi connectivity index (χ3n) is 3.47. The second-order valence-electron chi connectivity index (χ2n) is 4.88. The third kappa shape index (κ3) is 2.93. The Hall–Kier alpha value is -2.81. The van der Waals surface area contributed by atoms with E-state index in [-0.39, 0.29) is 0 Å². The molecular formula is C19H17NO2. The number of ether oxygens (including phenoxy) is 2. The fourth-order valence-electron chi connectivity index (χ4n) is 2.31. The number of hydrogen-bond donors (Lipinski definition) is 0. The van der Waals surface area contributed by atoms with Crippen LogP contribution in [0.1, 0.15) is 11.3 Å². The number of fused-ring (bicyclic) bond motifs is 1. The van der Waals surface area contributed by atoms with Crippen LogP contribution >= 0.6 is 0 Å². The maximum Gasteiger partial charge on any atom is 0.161 e. The molecule has 3 nitrogen and oxygen atoms in total. The molecule has 0 saturated carbocycles. The molecular weight excluding hydrogens is 274 g/mol. The zero-order chi connectivity index (χ0) is 15.4. The van der Waals surface area contributed by atoms with Crippen molar-refractivity contribution in [2.24, 2.45) is 0 Å². The summed E-state index contributed by atoms with van der Waals surface area (Å²) in [6.45, 7) is 0. The minimum absolute atomic E-state index is 0.719. The van der Waals surface area contributed by atoms with Crippen LogP contribution in [0.5, 0.6) is 11.5 Å². The smallest absolute Gasteiger partial charge is 0.161 e. The Morgan fingerprint density at radius 1 is 0.818 bits per heavy atom. The highest BCUT2D eigenvalue weighted by molar-refractivity contribution is 5.80. The van der Waals surface area contributed by atoms with E-state index < -0.39 is 0 Å². The lowest BCUT2D eigenvalue weighted by Crippen LogP contribution is -1.90. The quantitative estimate of drug-likeness (QED) is 0.713. The molecule has 3 heteroatoms. The Morgan fingerprint density at radius 3 is 2.45 bits per heavy atom. The molecule has 2 aromatic carbocycles. The van der Waals surface area contributed by atoms with Gasteiger partial charge in [0.2, 0.25) is 0 Å². The standard InChI is InChI=1S/C19H17NO2/c1-21-18-12-8-14(13-19(18)22-2)7-10-16-11-9-15-5-3-4-6-17(15)20-16/h3-13H,1-2H3. The molecule has 0 unspecified atom stereocenters. The van der Waals surface area contributed by atoms with Gasteiger partial charge < -0.3 is 9.47 Å². The fraction of sp³-hybridized carbons (Fsp3) is 0.105. The van der Waals surface area contributed by atoms with Gasteiger partial charge in [0.15, 0.2) is 11.5 Å². The van der Waals surface area contributed by atoms with Crippen molar-refractivity contribution in [1.82, 2.24) is 4.98 Å². The summed E-state index contributed by atoms with van der Waals surface area (Å²) in [5.74, 6) is 1.44. The Balaban J connectivity index is 1.89. The Bertz CT molecular complexity index is 825. The van der Waals surface area contributed by atoms with E-state index in [1.807, 2.05) is 54.6 Å². The van der Waals surface area contributed by atoms with Crippen molar-refractivity contribution in [3.63, 3.8) is 0 Å². The Kier molecular flexibility index (Phi) is 4.05. The molecule has 0 aliphatic rings. The summed E-state index contributed by atoms with van der Waals surface area (Å²) in [6.07, 6.45) is 4.01. The highest BCUT2D eigenvalue weighted by Crippen LogP contribution is 2.28. The van der Waals surface area contributed by atoms with E-state index in [2.05, 4.69) is 17.1 Å². The van der Waals surface area contributed by atoms with Crippen LogP contribution in [-0.2, 0) is 0 Å². The van der Waals surface area contributed by atoms with Crippen LogP contribution < -0.4 is 9.47 Å². The summed E-state index contributed by atoms with van der Waals surface area (Å²) in [4.78, 5) is 4.62. The van der Waals surface area contributed by atoms with Crippen molar-refractivity contribution in [3.8, 4) is 11.5 Å². The van der Waals surface area contributed by atoms with Crippen LogP contribution in [0.2, 0.25) is 0 Å². The van der Waals surface area contributed by atoms with Gasteiger partial charge in [0, 0.05) is 5.39 Å². The van der Waals surface area contributed by atoms with E-state index in [9.17, 15) is 0 Å². The lowest BCUT2D eigenvalue weighted by molar-refractivity contribution is 0.355. The number of pyridine rings is 1. The normalized spacial score (nSPS) is 11.0. The average molecular weight is 291 g/mol. The van der Waals surface area contributed by atoms with Crippen LogP contribution in [0.15, 0.2) is 54.6 Å². The number of methoxy groups -OCH3 is 2. The summed E-state index contributed by atoms with van der Waals surface area (Å²) in [6, 6.07) is 18.0. The zero-order valence-corrected chi connectivity index (χ0v) is 12.6. The first-order valence-corrected chi connectivity index (χ1v) is 7.06. The Morgan fingerprint density at radius 2 is 1.64 bits per heavy atom. The molecule has 0 saturated heterocycles. The summed E-state index contributed by atoms with van der Waals surface area (Å²) in [5.41, 5.74) is 2.96. The van der Waals surface area contributed by atoms with Gasteiger partial charge in [-0.2, -0.15) is 0 Å². The molecule has 0 aliphatic carbocycles. The van der Waals surface area contributed by atoms with Crippen molar-refractivity contribution < 1.29 is 9.47 Å².